The summed E-state index contributed by atoms with van der Waals surface area (Å²) in [6.07, 6.45) is 0.699. The first kappa shape index (κ1) is 12.3. The zero-order valence-electron chi connectivity index (χ0n) is 9.34. The molecule has 0 aliphatic heterocycles. The first-order valence-electron chi connectivity index (χ1n) is 5.55. The molecule has 2 aromatic carbocycles. The van der Waals surface area contributed by atoms with Gasteiger partial charge in [-0.05, 0) is 11.1 Å². The van der Waals surface area contributed by atoms with Crippen molar-refractivity contribution in [3.8, 4) is 0 Å². The smallest absolute Gasteiger partial charge is 0.0764 e. The van der Waals surface area contributed by atoms with Gasteiger partial charge in [-0.15, -0.1) is 0 Å². The van der Waals surface area contributed by atoms with Crippen molar-refractivity contribution in [1.82, 2.24) is 0 Å². The van der Waals surface area contributed by atoms with Crippen LogP contribution in [0.4, 0.5) is 0 Å². The van der Waals surface area contributed by atoms with Crippen LogP contribution in [0.1, 0.15) is 23.5 Å². The van der Waals surface area contributed by atoms with Crippen molar-refractivity contribution in [3.63, 3.8) is 0 Å². The lowest BCUT2D eigenvalue weighted by Gasteiger charge is -2.16. The third kappa shape index (κ3) is 3.39. The lowest BCUT2D eigenvalue weighted by molar-refractivity contribution is 0.867. The first-order chi connectivity index (χ1) is 8.27. The minimum atomic E-state index is 0.252. The van der Waals surface area contributed by atoms with Crippen LogP contribution in [0.2, 0.25) is 0 Å². The molecule has 2 heteroatoms. The van der Waals surface area contributed by atoms with Crippen LogP contribution in [0.5, 0.6) is 0 Å². The highest BCUT2D eigenvalue weighted by atomic mass is 35.5. The first-order valence-corrected chi connectivity index (χ1v) is 6.34. The van der Waals surface area contributed by atoms with Crippen molar-refractivity contribution in [1.29, 1.82) is 0 Å². The summed E-state index contributed by atoms with van der Waals surface area (Å²) in [4.78, 5) is 0. The van der Waals surface area contributed by atoms with Crippen molar-refractivity contribution in [2.45, 2.75) is 12.3 Å². The number of rotatable bonds is 4. The van der Waals surface area contributed by atoms with E-state index in [1.54, 1.807) is 0 Å². The van der Waals surface area contributed by atoms with E-state index in [0.29, 0.717) is 10.7 Å². The van der Waals surface area contributed by atoms with E-state index in [9.17, 15) is 0 Å². The number of hydrogen-bond donors (Lipinski definition) is 0. The Labute approximate surface area is 112 Å². The zero-order valence-corrected chi connectivity index (χ0v) is 10.9. The molecule has 0 amide bonds. The molecule has 0 heterocycles. The van der Waals surface area contributed by atoms with E-state index in [-0.39, 0.29) is 5.92 Å². The fraction of sp³-hybridized carbons (Fsp3) is 0.133. The summed E-state index contributed by atoms with van der Waals surface area (Å²) in [6.45, 7) is 0. The minimum Gasteiger partial charge on any atom is -0.0764 e. The van der Waals surface area contributed by atoms with Crippen LogP contribution < -0.4 is 0 Å². The fourth-order valence-corrected chi connectivity index (χ4v) is 2.28. The van der Waals surface area contributed by atoms with Crippen LogP contribution in [0.3, 0.4) is 0 Å². The molecule has 0 spiro atoms. The summed E-state index contributed by atoms with van der Waals surface area (Å²) in [7, 11) is 0. The SMILES string of the molecule is S=C(Cl)CC(c1ccccc1)c1ccccc1. The van der Waals surface area contributed by atoms with Crippen LogP contribution in [0.25, 0.3) is 0 Å². The molecule has 86 valence electrons. The Bertz CT molecular complexity index is 439. The Morgan fingerprint density at radius 2 is 1.29 bits per heavy atom. The van der Waals surface area contributed by atoms with Gasteiger partial charge >= 0.3 is 0 Å². The summed E-state index contributed by atoms with van der Waals surface area (Å²) < 4.78 is 0.530. The standard InChI is InChI=1S/C15H13ClS/c16-15(17)11-14(12-7-3-1-4-8-12)13-9-5-2-6-10-13/h1-10,14H,11H2. The largest absolute Gasteiger partial charge is 0.0818 e. The van der Waals surface area contributed by atoms with Crippen LogP contribution in [-0.4, -0.2) is 4.32 Å². The van der Waals surface area contributed by atoms with Crippen molar-refractivity contribution < 1.29 is 0 Å². The van der Waals surface area contributed by atoms with Gasteiger partial charge < -0.3 is 0 Å². The third-order valence-corrected chi connectivity index (χ3v) is 3.09. The van der Waals surface area contributed by atoms with Crippen molar-refractivity contribution in [2.24, 2.45) is 0 Å². The quantitative estimate of drug-likeness (QED) is 0.563. The Morgan fingerprint density at radius 1 is 0.882 bits per heavy atom. The third-order valence-electron chi connectivity index (χ3n) is 2.77. The van der Waals surface area contributed by atoms with E-state index >= 15 is 0 Å². The number of benzene rings is 2. The molecule has 0 aromatic heterocycles. The van der Waals surface area contributed by atoms with Gasteiger partial charge in [-0.25, -0.2) is 0 Å². The monoisotopic (exact) mass is 260 g/mol. The molecule has 2 aromatic rings. The Kier molecular flexibility index (Phi) is 4.29. The lowest BCUT2D eigenvalue weighted by atomic mass is 9.89. The van der Waals surface area contributed by atoms with Gasteiger partial charge in [0.2, 0.25) is 0 Å². The van der Waals surface area contributed by atoms with E-state index < -0.39 is 0 Å². The molecule has 0 aliphatic rings. The molecular formula is C15H13ClS. The van der Waals surface area contributed by atoms with Gasteiger partial charge in [0, 0.05) is 12.3 Å². The molecule has 0 radical (unpaired) electrons. The maximum Gasteiger partial charge on any atom is 0.0818 e. The molecule has 0 saturated heterocycles. The van der Waals surface area contributed by atoms with E-state index in [1.165, 1.54) is 11.1 Å². The van der Waals surface area contributed by atoms with Gasteiger partial charge in [-0.3, -0.25) is 0 Å². The molecule has 0 atom stereocenters. The topological polar surface area (TPSA) is 0 Å². The van der Waals surface area contributed by atoms with Crippen molar-refractivity contribution in [3.05, 3.63) is 71.8 Å². The van der Waals surface area contributed by atoms with Crippen molar-refractivity contribution >= 4 is 28.1 Å². The van der Waals surface area contributed by atoms with Crippen molar-refractivity contribution in [2.75, 3.05) is 0 Å². The number of thiocarbonyl (C=S) groups is 1. The molecule has 17 heavy (non-hydrogen) atoms. The summed E-state index contributed by atoms with van der Waals surface area (Å²) in [6, 6.07) is 20.7. The summed E-state index contributed by atoms with van der Waals surface area (Å²) in [5.74, 6) is 0.252. The normalized spacial score (nSPS) is 10.5. The van der Waals surface area contributed by atoms with Crippen LogP contribution in [0, 0.1) is 0 Å². The fourth-order valence-electron chi connectivity index (χ4n) is 1.96. The minimum absolute atomic E-state index is 0.252. The highest BCUT2D eigenvalue weighted by Gasteiger charge is 2.14. The predicted octanol–water partition coefficient (Wildman–Crippen LogP) is 4.77. The molecule has 0 bridgehead atoms. The molecule has 0 N–H and O–H groups in total. The Balaban J connectivity index is 2.36. The second kappa shape index (κ2) is 5.95. The molecule has 0 saturated carbocycles. The predicted molar refractivity (Wildman–Crippen MR) is 77.8 cm³/mol. The summed E-state index contributed by atoms with van der Waals surface area (Å²) in [5, 5.41) is 0. The molecular weight excluding hydrogens is 248 g/mol. The van der Waals surface area contributed by atoms with E-state index in [4.69, 9.17) is 23.8 Å². The van der Waals surface area contributed by atoms with Gasteiger partial charge in [0.1, 0.15) is 0 Å². The highest BCUT2D eigenvalue weighted by Crippen LogP contribution is 2.28. The summed E-state index contributed by atoms with van der Waals surface area (Å²) >= 11 is 10.9. The molecule has 0 fully saturated rings. The second-order valence-electron chi connectivity index (χ2n) is 3.93. The maximum atomic E-state index is 5.90. The molecule has 0 aliphatic carbocycles. The van der Waals surface area contributed by atoms with Crippen LogP contribution >= 0.6 is 23.8 Å². The zero-order chi connectivity index (χ0) is 12.1. The average molecular weight is 261 g/mol. The number of hydrogen-bond acceptors (Lipinski definition) is 1. The Morgan fingerprint density at radius 3 is 1.65 bits per heavy atom. The number of halogens is 1. The van der Waals surface area contributed by atoms with Gasteiger partial charge in [-0.1, -0.05) is 84.5 Å². The molecule has 0 nitrogen and oxygen atoms in total. The average Bonchev–Trinajstić information content (AvgIpc) is 2.38. The second-order valence-corrected chi connectivity index (χ2v) is 5.11. The van der Waals surface area contributed by atoms with Gasteiger partial charge in [0.25, 0.3) is 0 Å². The molecule has 2 rings (SSSR count). The van der Waals surface area contributed by atoms with E-state index in [1.807, 2.05) is 36.4 Å². The van der Waals surface area contributed by atoms with Gasteiger partial charge in [0.05, 0.1) is 4.32 Å². The van der Waals surface area contributed by atoms with E-state index in [0.717, 1.165) is 0 Å². The summed E-state index contributed by atoms with van der Waals surface area (Å²) in [5.41, 5.74) is 2.50. The van der Waals surface area contributed by atoms with Gasteiger partial charge in [-0.2, -0.15) is 0 Å². The van der Waals surface area contributed by atoms with Gasteiger partial charge in [0.15, 0.2) is 0 Å². The lowest BCUT2D eigenvalue weighted by Crippen LogP contribution is -2.03. The van der Waals surface area contributed by atoms with Crippen LogP contribution in [-0.2, 0) is 0 Å². The Hall–Kier alpha value is -1.18. The maximum absolute atomic E-state index is 5.90. The van der Waals surface area contributed by atoms with E-state index in [2.05, 4.69) is 24.3 Å². The highest BCUT2D eigenvalue weighted by molar-refractivity contribution is 7.83. The van der Waals surface area contributed by atoms with Crippen LogP contribution in [0.15, 0.2) is 60.7 Å². The molecule has 0 unspecified atom stereocenters.